The Labute approximate surface area is 132 Å². The standard InChI is InChI=1S/C16H20BrF3O/c17-11-1-2-12-3-5-13(6-4-12)14-7-9-15(10-8-14)21-16(18,19)20/h7-10,12-13H,1-6,11H2. The van der Waals surface area contributed by atoms with Crippen LogP contribution >= 0.6 is 15.9 Å². The minimum atomic E-state index is -4.62. The van der Waals surface area contributed by atoms with E-state index in [0.717, 1.165) is 29.7 Å². The smallest absolute Gasteiger partial charge is 0.406 e. The van der Waals surface area contributed by atoms with Crippen LogP contribution in [-0.2, 0) is 0 Å². The number of ether oxygens (including phenoxy) is 1. The van der Waals surface area contributed by atoms with Crippen molar-refractivity contribution in [2.75, 3.05) is 5.33 Å². The first kappa shape index (κ1) is 16.7. The number of benzene rings is 1. The Morgan fingerprint density at radius 2 is 1.67 bits per heavy atom. The van der Waals surface area contributed by atoms with Gasteiger partial charge in [-0.25, -0.2) is 0 Å². The van der Waals surface area contributed by atoms with E-state index in [1.165, 1.54) is 37.8 Å². The second-order valence-electron chi connectivity index (χ2n) is 5.67. The Balaban J connectivity index is 1.86. The van der Waals surface area contributed by atoms with E-state index in [0.29, 0.717) is 5.92 Å². The lowest BCUT2D eigenvalue weighted by molar-refractivity contribution is -0.274. The summed E-state index contributed by atoms with van der Waals surface area (Å²) in [5.41, 5.74) is 1.13. The molecule has 0 N–H and O–H groups in total. The lowest BCUT2D eigenvalue weighted by atomic mass is 9.77. The molecular formula is C16H20BrF3O. The Morgan fingerprint density at radius 3 is 2.19 bits per heavy atom. The van der Waals surface area contributed by atoms with Gasteiger partial charge in [-0.2, -0.15) is 0 Å². The SMILES string of the molecule is FC(F)(F)Oc1ccc(C2CCC(CCCBr)CC2)cc1. The molecule has 1 aliphatic carbocycles. The van der Waals surface area contributed by atoms with E-state index >= 15 is 0 Å². The number of hydrogen-bond donors (Lipinski definition) is 0. The van der Waals surface area contributed by atoms with Crippen LogP contribution in [0, 0.1) is 5.92 Å². The molecule has 1 aromatic rings. The molecule has 2 rings (SSSR count). The molecule has 1 fully saturated rings. The zero-order chi connectivity index (χ0) is 15.3. The predicted octanol–water partition coefficient (Wildman–Crippen LogP) is 6.03. The van der Waals surface area contributed by atoms with Crippen LogP contribution in [0.25, 0.3) is 0 Å². The Kier molecular flexibility index (Phi) is 5.97. The molecule has 0 saturated heterocycles. The van der Waals surface area contributed by atoms with Crippen molar-refractivity contribution >= 4 is 15.9 Å². The minimum absolute atomic E-state index is 0.141. The van der Waals surface area contributed by atoms with Crippen LogP contribution in [-0.4, -0.2) is 11.7 Å². The lowest BCUT2D eigenvalue weighted by Crippen LogP contribution is -2.17. The van der Waals surface area contributed by atoms with Crippen molar-refractivity contribution in [3.8, 4) is 5.75 Å². The van der Waals surface area contributed by atoms with Crippen LogP contribution in [0.2, 0.25) is 0 Å². The molecule has 0 aliphatic heterocycles. The Hall–Kier alpha value is -0.710. The molecule has 0 unspecified atom stereocenters. The van der Waals surface area contributed by atoms with Crippen molar-refractivity contribution in [1.82, 2.24) is 0 Å². The summed E-state index contributed by atoms with van der Waals surface area (Å²) >= 11 is 3.46. The van der Waals surface area contributed by atoms with Gasteiger partial charge in [0.25, 0.3) is 0 Å². The van der Waals surface area contributed by atoms with Gasteiger partial charge in [-0.1, -0.05) is 28.1 Å². The van der Waals surface area contributed by atoms with Gasteiger partial charge in [0.1, 0.15) is 5.75 Å². The fraction of sp³-hybridized carbons (Fsp3) is 0.625. The van der Waals surface area contributed by atoms with Crippen molar-refractivity contribution in [3.05, 3.63) is 29.8 Å². The molecule has 0 heterocycles. The summed E-state index contributed by atoms with van der Waals surface area (Å²) in [7, 11) is 0. The summed E-state index contributed by atoms with van der Waals surface area (Å²) in [6.45, 7) is 0. The second kappa shape index (κ2) is 7.52. The zero-order valence-corrected chi connectivity index (χ0v) is 13.4. The average molecular weight is 365 g/mol. The van der Waals surface area contributed by atoms with Gasteiger partial charge in [-0.15, -0.1) is 13.2 Å². The van der Waals surface area contributed by atoms with Gasteiger partial charge in [0.05, 0.1) is 0 Å². The van der Waals surface area contributed by atoms with E-state index in [4.69, 9.17) is 0 Å². The molecule has 1 aliphatic rings. The maximum Gasteiger partial charge on any atom is 0.573 e. The molecule has 21 heavy (non-hydrogen) atoms. The van der Waals surface area contributed by atoms with Gasteiger partial charge in [-0.05, 0) is 68.1 Å². The highest BCUT2D eigenvalue weighted by Gasteiger charge is 2.31. The van der Waals surface area contributed by atoms with Crippen molar-refractivity contribution in [2.45, 2.75) is 50.8 Å². The molecule has 0 radical (unpaired) electrons. The Morgan fingerprint density at radius 1 is 1.05 bits per heavy atom. The van der Waals surface area contributed by atoms with Crippen molar-refractivity contribution in [2.24, 2.45) is 5.92 Å². The third-order valence-electron chi connectivity index (χ3n) is 4.18. The van der Waals surface area contributed by atoms with Crippen LogP contribution in [0.1, 0.15) is 50.0 Å². The van der Waals surface area contributed by atoms with Crippen molar-refractivity contribution < 1.29 is 17.9 Å². The van der Waals surface area contributed by atoms with Gasteiger partial charge in [-0.3, -0.25) is 0 Å². The molecule has 5 heteroatoms. The lowest BCUT2D eigenvalue weighted by Gasteiger charge is -2.28. The number of rotatable bonds is 5. The quantitative estimate of drug-likeness (QED) is 0.579. The van der Waals surface area contributed by atoms with Gasteiger partial charge in [0.15, 0.2) is 0 Å². The molecule has 0 bridgehead atoms. The zero-order valence-electron chi connectivity index (χ0n) is 11.8. The normalized spacial score (nSPS) is 23.0. The number of hydrogen-bond acceptors (Lipinski definition) is 1. The first-order chi connectivity index (χ1) is 9.98. The van der Waals surface area contributed by atoms with E-state index in [-0.39, 0.29) is 5.75 Å². The summed E-state index contributed by atoms with van der Waals surface area (Å²) in [6, 6.07) is 6.37. The summed E-state index contributed by atoms with van der Waals surface area (Å²) in [4.78, 5) is 0. The summed E-state index contributed by atoms with van der Waals surface area (Å²) in [6.07, 6.45) is 2.58. The van der Waals surface area contributed by atoms with Crippen LogP contribution in [0.5, 0.6) is 5.75 Å². The predicted molar refractivity (Wildman–Crippen MR) is 80.9 cm³/mol. The molecule has 0 aromatic heterocycles. The summed E-state index contributed by atoms with van der Waals surface area (Å²) < 4.78 is 40.2. The van der Waals surface area contributed by atoms with E-state index in [1.54, 1.807) is 12.1 Å². The third kappa shape index (κ3) is 5.53. The van der Waals surface area contributed by atoms with E-state index in [2.05, 4.69) is 20.7 Å². The highest BCUT2D eigenvalue weighted by Crippen LogP contribution is 2.38. The van der Waals surface area contributed by atoms with Crippen molar-refractivity contribution in [1.29, 1.82) is 0 Å². The number of alkyl halides is 4. The third-order valence-corrected chi connectivity index (χ3v) is 4.74. The van der Waals surface area contributed by atoms with Crippen LogP contribution in [0.3, 0.4) is 0 Å². The van der Waals surface area contributed by atoms with E-state index < -0.39 is 6.36 Å². The van der Waals surface area contributed by atoms with E-state index in [9.17, 15) is 13.2 Å². The second-order valence-corrected chi connectivity index (χ2v) is 6.46. The molecule has 0 atom stereocenters. The summed E-state index contributed by atoms with van der Waals surface area (Å²) in [5, 5.41) is 1.06. The highest BCUT2D eigenvalue weighted by atomic mass is 79.9. The monoisotopic (exact) mass is 364 g/mol. The van der Waals surface area contributed by atoms with Crippen molar-refractivity contribution in [3.63, 3.8) is 0 Å². The van der Waals surface area contributed by atoms with Crippen LogP contribution in [0.4, 0.5) is 13.2 Å². The molecule has 118 valence electrons. The first-order valence-electron chi connectivity index (χ1n) is 7.39. The van der Waals surface area contributed by atoms with E-state index in [1.807, 2.05) is 0 Å². The molecular weight excluding hydrogens is 345 g/mol. The van der Waals surface area contributed by atoms with Gasteiger partial charge >= 0.3 is 6.36 Å². The first-order valence-corrected chi connectivity index (χ1v) is 8.52. The van der Waals surface area contributed by atoms with Crippen LogP contribution in [0.15, 0.2) is 24.3 Å². The molecule has 0 spiro atoms. The van der Waals surface area contributed by atoms with Gasteiger partial charge in [0.2, 0.25) is 0 Å². The highest BCUT2D eigenvalue weighted by molar-refractivity contribution is 9.09. The molecule has 1 nitrogen and oxygen atoms in total. The largest absolute Gasteiger partial charge is 0.573 e. The van der Waals surface area contributed by atoms with Gasteiger partial charge < -0.3 is 4.74 Å². The fourth-order valence-electron chi connectivity index (χ4n) is 3.09. The maximum absolute atomic E-state index is 12.1. The van der Waals surface area contributed by atoms with Crippen LogP contribution < -0.4 is 4.74 Å². The molecule has 0 amide bonds. The average Bonchev–Trinajstić information content (AvgIpc) is 2.45. The van der Waals surface area contributed by atoms with Gasteiger partial charge in [0, 0.05) is 5.33 Å². The number of halogens is 4. The fourth-order valence-corrected chi connectivity index (χ4v) is 3.42. The summed E-state index contributed by atoms with van der Waals surface area (Å²) in [5.74, 6) is 1.15. The topological polar surface area (TPSA) is 9.23 Å². The molecule has 1 aromatic carbocycles. The minimum Gasteiger partial charge on any atom is -0.406 e. The Bertz CT molecular complexity index is 422. The molecule has 1 saturated carbocycles. The maximum atomic E-state index is 12.1.